The lowest BCUT2D eigenvalue weighted by Gasteiger charge is -2.05. The van der Waals surface area contributed by atoms with Gasteiger partial charge in [-0.2, -0.15) is 0 Å². The lowest BCUT2D eigenvalue weighted by molar-refractivity contribution is 1.29. The molecule has 0 radical (unpaired) electrons. The fourth-order valence-electron chi connectivity index (χ4n) is 1.74. The summed E-state index contributed by atoms with van der Waals surface area (Å²) >= 11 is 0. The summed E-state index contributed by atoms with van der Waals surface area (Å²) in [6, 6.07) is 2.19. The molecule has 0 aromatic heterocycles. The summed E-state index contributed by atoms with van der Waals surface area (Å²) in [5.74, 6) is 0. The number of benzene rings is 1. The Hall–Kier alpha value is -1.56. The van der Waals surface area contributed by atoms with Gasteiger partial charge in [0.05, 0.1) is 0 Å². The molecule has 1 aromatic rings. The fourth-order valence-corrected chi connectivity index (χ4v) is 1.74. The predicted molar refractivity (Wildman–Crippen MR) is 70.1 cm³/mol. The molecule has 0 aliphatic heterocycles. The Morgan fingerprint density at radius 3 is 2.47 bits per heavy atom. The van der Waals surface area contributed by atoms with E-state index in [2.05, 4.69) is 45.2 Å². The average molecular weight is 198 g/mol. The number of allylic oxidation sites excluding steroid dienone is 2. The van der Waals surface area contributed by atoms with E-state index < -0.39 is 0 Å². The molecule has 0 unspecified atom stereocenters. The Bertz CT molecular complexity index is 502. The van der Waals surface area contributed by atoms with Crippen LogP contribution in [0.3, 0.4) is 0 Å². The van der Waals surface area contributed by atoms with Crippen molar-refractivity contribution in [1.82, 2.24) is 0 Å². The van der Waals surface area contributed by atoms with Crippen molar-refractivity contribution < 1.29 is 0 Å². The van der Waals surface area contributed by atoms with Gasteiger partial charge >= 0.3 is 0 Å². The molecule has 0 N–H and O–H groups in total. The highest BCUT2D eigenvalue weighted by Gasteiger charge is 1.99. The normalized spacial score (nSPS) is 12.3. The van der Waals surface area contributed by atoms with Crippen molar-refractivity contribution in [1.29, 1.82) is 0 Å². The third-order valence-electron chi connectivity index (χ3n) is 2.64. The minimum Gasteiger partial charge on any atom is -0.0990 e. The zero-order chi connectivity index (χ0) is 11.4. The standard InChI is InChI=1S/C15H18/c1-6-8-14-10-11(3)15(9-7-2)13(5)12(14)4/h6-10H,2,5H2,1,3-4H3/b8-6-,15-9-. The second-order valence-electron chi connectivity index (χ2n) is 3.70. The second-order valence-corrected chi connectivity index (χ2v) is 3.70. The van der Waals surface area contributed by atoms with Crippen molar-refractivity contribution in [2.75, 3.05) is 0 Å². The minimum absolute atomic E-state index is 1.10. The minimum atomic E-state index is 1.10. The molecule has 78 valence electrons. The summed E-state index contributed by atoms with van der Waals surface area (Å²) in [4.78, 5) is 0. The monoisotopic (exact) mass is 198 g/mol. The van der Waals surface area contributed by atoms with Crippen molar-refractivity contribution in [3.8, 4) is 0 Å². The van der Waals surface area contributed by atoms with Crippen molar-refractivity contribution in [3.63, 3.8) is 0 Å². The maximum absolute atomic E-state index is 4.13. The van der Waals surface area contributed by atoms with Crippen molar-refractivity contribution in [3.05, 3.63) is 51.9 Å². The van der Waals surface area contributed by atoms with E-state index in [0.717, 1.165) is 5.22 Å². The summed E-state index contributed by atoms with van der Waals surface area (Å²) in [6.45, 7) is 14.1. The van der Waals surface area contributed by atoms with Crippen molar-refractivity contribution >= 4 is 18.7 Å². The van der Waals surface area contributed by atoms with Gasteiger partial charge in [-0.05, 0) is 47.9 Å². The van der Waals surface area contributed by atoms with Crippen LogP contribution >= 0.6 is 0 Å². The van der Waals surface area contributed by atoms with E-state index in [9.17, 15) is 0 Å². The molecular formula is C15H18. The lowest BCUT2D eigenvalue weighted by Crippen LogP contribution is -2.29. The van der Waals surface area contributed by atoms with Crippen LogP contribution in [0.25, 0.3) is 18.7 Å². The van der Waals surface area contributed by atoms with Crippen LogP contribution in [0.15, 0.2) is 24.8 Å². The largest absolute Gasteiger partial charge is 0.0990 e. The van der Waals surface area contributed by atoms with Crippen LogP contribution in [0.1, 0.15) is 23.6 Å². The fraction of sp³-hybridized carbons (Fsp3) is 0.200. The molecule has 0 saturated heterocycles. The molecule has 1 rings (SSSR count). The molecule has 0 nitrogen and oxygen atoms in total. The van der Waals surface area contributed by atoms with Crippen LogP contribution in [0.5, 0.6) is 0 Å². The molecule has 0 fully saturated rings. The van der Waals surface area contributed by atoms with Gasteiger partial charge < -0.3 is 0 Å². The van der Waals surface area contributed by atoms with Gasteiger partial charge in [0.2, 0.25) is 0 Å². The van der Waals surface area contributed by atoms with Crippen LogP contribution in [0.2, 0.25) is 0 Å². The molecule has 0 spiro atoms. The van der Waals surface area contributed by atoms with E-state index in [4.69, 9.17) is 0 Å². The first kappa shape index (κ1) is 11.5. The topological polar surface area (TPSA) is 0 Å². The third-order valence-corrected chi connectivity index (χ3v) is 2.64. The average Bonchev–Trinajstić information content (AvgIpc) is 2.21. The number of hydrogen-bond acceptors (Lipinski definition) is 0. The molecule has 0 heterocycles. The van der Waals surface area contributed by atoms with Gasteiger partial charge in [0.1, 0.15) is 0 Å². The van der Waals surface area contributed by atoms with Crippen LogP contribution in [0.4, 0.5) is 0 Å². The Kier molecular flexibility index (Phi) is 3.68. The zero-order valence-electron chi connectivity index (χ0n) is 9.80. The highest BCUT2D eigenvalue weighted by molar-refractivity contribution is 5.56. The summed E-state index contributed by atoms with van der Waals surface area (Å²) in [6.07, 6.45) is 8.00. The summed E-state index contributed by atoms with van der Waals surface area (Å²) in [5, 5.41) is 2.29. The number of hydrogen-bond donors (Lipinski definition) is 0. The van der Waals surface area contributed by atoms with Crippen LogP contribution in [-0.4, -0.2) is 0 Å². The SMILES string of the molecule is C=C/C=c1/c(C)cc(/C=C\C)c(C)c1=C. The maximum Gasteiger partial charge on any atom is -0.0158 e. The second kappa shape index (κ2) is 4.79. The summed E-state index contributed by atoms with van der Waals surface area (Å²) < 4.78 is 0. The van der Waals surface area contributed by atoms with Gasteiger partial charge in [-0.25, -0.2) is 0 Å². The maximum atomic E-state index is 4.13. The van der Waals surface area contributed by atoms with Gasteiger partial charge in [-0.15, -0.1) is 0 Å². The molecule has 15 heavy (non-hydrogen) atoms. The Morgan fingerprint density at radius 2 is 1.93 bits per heavy atom. The van der Waals surface area contributed by atoms with Crippen LogP contribution in [0, 0.1) is 13.8 Å². The van der Waals surface area contributed by atoms with E-state index in [1.54, 1.807) is 0 Å². The van der Waals surface area contributed by atoms with E-state index >= 15 is 0 Å². The molecule has 1 aromatic carbocycles. The Morgan fingerprint density at radius 1 is 1.27 bits per heavy atom. The summed E-state index contributed by atoms with van der Waals surface area (Å²) in [7, 11) is 0. The Labute approximate surface area is 92.0 Å². The molecule has 0 amide bonds. The first-order valence-electron chi connectivity index (χ1n) is 5.16. The van der Waals surface area contributed by atoms with Crippen LogP contribution < -0.4 is 10.4 Å². The zero-order valence-corrected chi connectivity index (χ0v) is 9.80. The van der Waals surface area contributed by atoms with E-state index in [-0.39, 0.29) is 0 Å². The molecule has 0 saturated carbocycles. The highest BCUT2D eigenvalue weighted by Crippen LogP contribution is 2.05. The van der Waals surface area contributed by atoms with Gasteiger partial charge in [0.25, 0.3) is 0 Å². The van der Waals surface area contributed by atoms with Crippen molar-refractivity contribution in [2.24, 2.45) is 0 Å². The Balaban J connectivity index is 3.66. The van der Waals surface area contributed by atoms with Gasteiger partial charge in [-0.3, -0.25) is 0 Å². The van der Waals surface area contributed by atoms with Crippen LogP contribution in [-0.2, 0) is 0 Å². The third kappa shape index (κ3) is 2.27. The molecule has 0 atom stereocenters. The van der Waals surface area contributed by atoms with Gasteiger partial charge in [0.15, 0.2) is 0 Å². The number of aryl methyl sites for hydroxylation is 1. The first-order valence-corrected chi connectivity index (χ1v) is 5.16. The molecule has 0 bridgehead atoms. The quantitative estimate of drug-likeness (QED) is 0.685. The van der Waals surface area contributed by atoms with E-state index in [1.165, 1.54) is 21.9 Å². The summed E-state index contributed by atoms with van der Waals surface area (Å²) in [5.41, 5.74) is 3.74. The lowest BCUT2D eigenvalue weighted by atomic mass is 10.00. The number of rotatable bonds is 2. The molecule has 0 aliphatic carbocycles. The smallest absolute Gasteiger partial charge is 0.0158 e. The molecule has 0 aliphatic rings. The van der Waals surface area contributed by atoms with E-state index in [1.807, 2.05) is 19.1 Å². The van der Waals surface area contributed by atoms with E-state index in [0.29, 0.717) is 0 Å². The molecule has 0 heteroatoms. The van der Waals surface area contributed by atoms with Crippen molar-refractivity contribution in [2.45, 2.75) is 20.8 Å². The van der Waals surface area contributed by atoms with Gasteiger partial charge in [0, 0.05) is 0 Å². The first-order chi connectivity index (χ1) is 7.11. The predicted octanol–water partition coefficient (Wildman–Crippen LogP) is 2.71. The molecular weight excluding hydrogens is 180 g/mol. The van der Waals surface area contributed by atoms with Gasteiger partial charge in [-0.1, -0.05) is 43.5 Å². The highest BCUT2D eigenvalue weighted by atomic mass is 14.0.